The fraction of sp³-hybridized carbons (Fsp3) is 0.333. The fourth-order valence-electron chi connectivity index (χ4n) is 0. The first-order chi connectivity index (χ1) is 1.41. The van der Waals surface area contributed by atoms with Crippen LogP contribution in [-0.2, 0) is 0 Å². The van der Waals surface area contributed by atoms with Crippen LogP contribution in [0, 0.1) is 12.3 Å². The van der Waals surface area contributed by atoms with Gasteiger partial charge in [-0.25, -0.2) is 0 Å². The van der Waals surface area contributed by atoms with Crippen molar-refractivity contribution in [2.75, 3.05) is 0 Å². The predicted octanol–water partition coefficient (Wildman–Crippen LogP) is -2.40. The summed E-state index contributed by atoms with van der Waals surface area (Å²) in [6.07, 6.45) is 5.96. The number of rotatable bonds is 0. The van der Waals surface area contributed by atoms with Gasteiger partial charge < -0.3 is 12.3 Å². The molecule has 0 saturated carbocycles. The van der Waals surface area contributed by atoms with Crippen molar-refractivity contribution in [1.82, 2.24) is 0 Å². The molecular formula is C3H3K. The van der Waals surface area contributed by atoms with Gasteiger partial charge in [-0.2, -0.15) is 0 Å². The standard InChI is InChI=1S/C3H3.K/c1-3-2;/h1H3;/q-1;+1. The first-order valence-corrected chi connectivity index (χ1v) is 0.750. The second kappa shape index (κ2) is 8.89. The van der Waals surface area contributed by atoms with E-state index in [9.17, 15) is 0 Å². The topological polar surface area (TPSA) is 0 Å². The van der Waals surface area contributed by atoms with E-state index in [-0.39, 0.29) is 51.4 Å². The van der Waals surface area contributed by atoms with Crippen molar-refractivity contribution in [1.29, 1.82) is 0 Å². The van der Waals surface area contributed by atoms with Gasteiger partial charge in [-0.05, 0) is 6.92 Å². The predicted molar refractivity (Wildman–Crippen MR) is 12.8 cm³/mol. The Hall–Kier alpha value is 1.20. The normalized spacial score (nSPS) is 2.00. The van der Waals surface area contributed by atoms with Gasteiger partial charge in [0.2, 0.25) is 0 Å². The Balaban J connectivity index is 0. The average molecular weight is 78.2 g/mol. The molecule has 0 unspecified atom stereocenters. The molecule has 0 aromatic rings. The van der Waals surface area contributed by atoms with Crippen LogP contribution in [0.5, 0.6) is 0 Å². The van der Waals surface area contributed by atoms with Crippen molar-refractivity contribution in [3.8, 4) is 5.92 Å². The molecule has 0 aliphatic carbocycles. The molecule has 0 bridgehead atoms. The van der Waals surface area contributed by atoms with Crippen molar-refractivity contribution in [2.24, 2.45) is 0 Å². The second-order valence-corrected chi connectivity index (χ2v) is 0.250. The minimum absolute atomic E-state index is 0. The molecule has 0 fully saturated rings. The van der Waals surface area contributed by atoms with Gasteiger partial charge in [0.25, 0.3) is 0 Å². The van der Waals surface area contributed by atoms with E-state index in [4.69, 9.17) is 6.42 Å². The van der Waals surface area contributed by atoms with E-state index in [0.29, 0.717) is 0 Å². The molecule has 16 valence electrons. The van der Waals surface area contributed by atoms with E-state index in [0.717, 1.165) is 0 Å². The average Bonchev–Trinajstić information content (AvgIpc) is 0.918. The summed E-state index contributed by atoms with van der Waals surface area (Å²) in [5.74, 6) is 2.00. The molecule has 0 spiro atoms. The Morgan fingerprint density at radius 1 is 1.75 bits per heavy atom. The van der Waals surface area contributed by atoms with E-state index >= 15 is 0 Å². The molecule has 0 amide bonds. The van der Waals surface area contributed by atoms with Gasteiger partial charge in [0.1, 0.15) is 0 Å². The number of hydrogen-bond donors (Lipinski definition) is 0. The molecule has 0 atom stereocenters. The fourth-order valence-corrected chi connectivity index (χ4v) is 0. The third-order valence-corrected chi connectivity index (χ3v) is 0. The molecule has 1 heteroatoms. The van der Waals surface area contributed by atoms with Crippen molar-refractivity contribution in [2.45, 2.75) is 6.92 Å². The summed E-state index contributed by atoms with van der Waals surface area (Å²) in [6, 6.07) is 0. The maximum absolute atomic E-state index is 5.96. The largest absolute Gasteiger partial charge is 1.00 e. The summed E-state index contributed by atoms with van der Waals surface area (Å²) in [7, 11) is 0. The summed E-state index contributed by atoms with van der Waals surface area (Å²) >= 11 is 0. The third kappa shape index (κ3) is 10.8. The molecule has 0 N–H and O–H groups in total. The van der Waals surface area contributed by atoms with Crippen LogP contribution < -0.4 is 51.4 Å². The van der Waals surface area contributed by atoms with Crippen molar-refractivity contribution < 1.29 is 51.4 Å². The summed E-state index contributed by atoms with van der Waals surface area (Å²) in [5, 5.41) is 0. The van der Waals surface area contributed by atoms with Crippen LogP contribution in [0.4, 0.5) is 0 Å². The zero-order chi connectivity index (χ0) is 2.71. The second-order valence-electron chi connectivity index (χ2n) is 0.250. The first-order valence-electron chi connectivity index (χ1n) is 0.750. The van der Waals surface area contributed by atoms with Crippen LogP contribution in [-0.4, -0.2) is 0 Å². The van der Waals surface area contributed by atoms with Gasteiger partial charge in [0.15, 0.2) is 0 Å². The zero-order valence-corrected chi connectivity index (χ0v) is 6.12. The third-order valence-electron chi connectivity index (χ3n) is 0. The summed E-state index contributed by atoms with van der Waals surface area (Å²) < 4.78 is 0. The van der Waals surface area contributed by atoms with Crippen molar-refractivity contribution in [3.63, 3.8) is 0 Å². The Labute approximate surface area is 69.4 Å². The molecule has 0 aromatic carbocycles. The SMILES string of the molecule is [C-]#CC.[K+]. The molecule has 0 rings (SSSR count). The van der Waals surface area contributed by atoms with E-state index in [1.54, 1.807) is 6.92 Å². The minimum atomic E-state index is 0. The van der Waals surface area contributed by atoms with Crippen LogP contribution in [0.15, 0.2) is 0 Å². The van der Waals surface area contributed by atoms with Crippen LogP contribution in [0.1, 0.15) is 6.92 Å². The zero-order valence-electron chi connectivity index (χ0n) is 3.00. The monoisotopic (exact) mass is 78.0 g/mol. The van der Waals surface area contributed by atoms with Crippen LogP contribution in [0.2, 0.25) is 0 Å². The van der Waals surface area contributed by atoms with E-state index in [2.05, 4.69) is 0 Å². The molecular weight excluding hydrogens is 75.1 g/mol. The van der Waals surface area contributed by atoms with E-state index in [1.165, 1.54) is 0 Å². The molecule has 4 heavy (non-hydrogen) atoms. The summed E-state index contributed by atoms with van der Waals surface area (Å²) in [6.45, 7) is 1.54. The van der Waals surface area contributed by atoms with Crippen molar-refractivity contribution >= 4 is 0 Å². The van der Waals surface area contributed by atoms with Gasteiger partial charge in [-0.15, -0.1) is 0 Å². The molecule has 0 aliphatic heterocycles. The maximum atomic E-state index is 5.96. The maximum Gasteiger partial charge on any atom is 1.00 e. The number of hydrogen-bond acceptors (Lipinski definition) is 0. The van der Waals surface area contributed by atoms with Crippen LogP contribution in [0.25, 0.3) is 0 Å². The van der Waals surface area contributed by atoms with E-state index in [1.807, 2.05) is 5.92 Å². The minimum Gasteiger partial charge on any atom is -0.694 e. The van der Waals surface area contributed by atoms with Gasteiger partial charge >= 0.3 is 51.4 Å². The van der Waals surface area contributed by atoms with Gasteiger partial charge in [0, 0.05) is 0 Å². The molecule has 0 aromatic heterocycles. The van der Waals surface area contributed by atoms with Crippen LogP contribution in [0.3, 0.4) is 0 Å². The molecule has 0 nitrogen and oxygen atoms in total. The summed E-state index contributed by atoms with van der Waals surface area (Å²) in [5.41, 5.74) is 0. The Morgan fingerprint density at radius 2 is 1.75 bits per heavy atom. The molecule has 0 aliphatic rings. The van der Waals surface area contributed by atoms with Gasteiger partial charge in [-0.1, -0.05) is 0 Å². The van der Waals surface area contributed by atoms with Gasteiger partial charge in [-0.3, -0.25) is 0 Å². The molecule has 0 saturated heterocycles. The first kappa shape index (κ1) is 8.96. The van der Waals surface area contributed by atoms with E-state index < -0.39 is 0 Å². The van der Waals surface area contributed by atoms with Crippen LogP contribution >= 0.6 is 0 Å². The Bertz CT molecular complexity index is 24.8. The Morgan fingerprint density at radius 3 is 1.75 bits per heavy atom. The Kier molecular flexibility index (Phi) is 19.9. The smallest absolute Gasteiger partial charge is 0.694 e. The van der Waals surface area contributed by atoms with Gasteiger partial charge in [0.05, 0.1) is 0 Å². The molecule has 0 heterocycles. The quantitative estimate of drug-likeness (QED) is 0.172. The van der Waals surface area contributed by atoms with Crippen molar-refractivity contribution in [3.05, 3.63) is 6.42 Å². The summed E-state index contributed by atoms with van der Waals surface area (Å²) in [4.78, 5) is 0. The molecule has 0 radical (unpaired) electrons.